The second kappa shape index (κ2) is 4.43. The second-order valence-electron chi connectivity index (χ2n) is 3.35. The molecule has 0 fully saturated rings. The summed E-state index contributed by atoms with van der Waals surface area (Å²) in [7, 11) is -2.09. The van der Waals surface area contributed by atoms with Crippen molar-refractivity contribution in [2.75, 3.05) is 5.73 Å². The van der Waals surface area contributed by atoms with Crippen LogP contribution in [0.3, 0.4) is 0 Å². The quantitative estimate of drug-likeness (QED) is 0.812. The third-order valence-electron chi connectivity index (χ3n) is 2.09. The molecular weight excluding hydrogens is 262 g/mol. The van der Waals surface area contributed by atoms with Gasteiger partial charge in [0.15, 0.2) is 10.8 Å². The first-order valence-corrected chi connectivity index (χ1v) is 7.07. The monoisotopic (exact) mass is 273 g/mol. The van der Waals surface area contributed by atoms with Gasteiger partial charge in [0.05, 0.1) is 24.1 Å². The number of anilines is 1. The van der Waals surface area contributed by atoms with E-state index in [9.17, 15) is 8.42 Å². The van der Waals surface area contributed by atoms with Gasteiger partial charge in [0.25, 0.3) is 10.0 Å². The maximum atomic E-state index is 12.0. The van der Waals surface area contributed by atoms with Gasteiger partial charge in [0.2, 0.25) is 0 Å². The Balaban J connectivity index is 2.20. The van der Waals surface area contributed by atoms with E-state index in [0.29, 0.717) is 5.69 Å². The van der Waals surface area contributed by atoms with E-state index in [1.807, 2.05) is 0 Å². The predicted octanol–water partition coefficient (Wildman–Crippen LogP) is -0.0627. The van der Waals surface area contributed by atoms with Gasteiger partial charge < -0.3 is 10.3 Å². The number of nitrogen functional groups attached to an aromatic ring is 1. The van der Waals surface area contributed by atoms with Crippen molar-refractivity contribution in [3.63, 3.8) is 0 Å². The molecule has 0 amide bonds. The third-order valence-corrected chi connectivity index (χ3v) is 4.26. The van der Waals surface area contributed by atoms with Crippen LogP contribution in [0.1, 0.15) is 5.69 Å². The molecule has 92 valence electrons. The molecule has 3 N–H and O–H groups in total. The SMILES string of the molecule is Cn1cnc(N)c1S(=O)(=O)NCc1cscn1. The predicted molar refractivity (Wildman–Crippen MR) is 63.8 cm³/mol. The molecule has 0 aliphatic carbocycles. The van der Waals surface area contributed by atoms with Crippen LogP contribution in [0, 0.1) is 0 Å². The van der Waals surface area contributed by atoms with Crippen molar-refractivity contribution >= 4 is 27.2 Å². The van der Waals surface area contributed by atoms with E-state index in [0.717, 1.165) is 0 Å². The lowest BCUT2D eigenvalue weighted by Crippen LogP contribution is -2.26. The highest BCUT2D eigenvalue weighted by molar-refractivity contribution is 7.89. The molecule has 0 saturated carbocycles. The van der Waals surface area contributed by atoms with Gasteiger partial charge >= 0.3 is 0 Å². The highest BCUT2D eigenvalue weighted by Crippen LogP contribution is 2.15. The van der Waals surface area contributed by atoms with Crippen LogP contribution in [0.25, 0.3) is 0 Å². The molecule has 2 aromatic rings. The summed E-state index contributed by atoms with van der Waals surface area (Å²) in [5, 5.41) is 1.74. The van der Waals surface area contributed by atoms with Crippen molar-refractivity contribution in [1.29, 1.82) is 0 Å². The van der Waals surface area contributed by atoms with Crippen molar-refractivity contribution in [2.45, 2.75) is 11.6 Å². The molecule has 0 bridgehead atoms. The van der Waals surface area contributed by atoms with Gasteiger partial charge in [0, 0.05) is 12.4 Å². The number of sulfonamides is 1. The zero-order chi connectivity index (χ0) is 12.5. The molecule has 0 aliphatic rings. The molecule has 2 rings (SSSR count). The Kier molecular flexibility index (Phi) is 3.13. The molecule has 17 heavy (non-hydrogen) atoms. The number of nitrogens with two attached hydrogens (primary N) is 1. The molecule has 7 nitrogen and oxygen atoms in total. The smallest absolute Gasteiger partial charge is 0.260 e. The highest BCUT2D eigenvalue weighted by atomic mass is 32.2. The Morgan fingerprint density at radius 1 is 1.53 bits per heavy atom. The minimum absolute atomic E-state index is 0.0155. The molecule has 0 saturated heterocycles. The summed E-state index contributed by atoms with van der Waals surface area (Å²) in [6.45, 7) is 0.135. The Morgan fingerprint density at radius 2 is 2.29 bits per heavy atom. The molecule has 0 aromatic carbocycles. The lowest BCUT2D eigenvalue weighted by Gasteiger charge is -2.06. The largest absolute Gasteiger partial charge is 0.381 e. The standard InChI is InChI=1S/C8H11N5O2S2/c1-13-4-10-7(9)8(13)17(14,15)12-2-6-3-16-5-11-6/h3-5,12H,2,9H2,1H3. The highest BCUT2D eigenvalue weighted by Gasteiger charge is 2.22. The minimum atomic E-state index is -3.66. The summed E-state index contributed by atoms with van der Waals surface area (Å²) in [6.07, 6.45) is 1.35. The van der Waals surface area contributed by atoms with Crippen LogP contribution in [0.2, 0.25) is 0 Å². The Morgan fingerprint density at radius 3 is 2.82 bits per heavy atom. The normalized spacial score (nSPS) is 11.8. The van der Waals surface area contributed by atoms with E-state index in [4.69, 9.17) is 5.73 Å². The van der Waals surface area contributed by atoms with Crippen LogP contribution in [0.4, 0.5) is 5.82 Å². The topological polar surface area (TPSA) is 103 Å². The van der Waals surface area contributed by atoms with Gasteiger partial charge in [-0.05, 0) is 0 Å². The Labute approximate surface area is 102 Å². The van der Waals surface area contributed by atoms with Gasteiger partial charge in [0.1, 0.15) is 0 Å². The first kappa shape index (κ1) is 12.0. The summed E-state index contributed by atoms with van der Waals surface area (Å²) in [5.41, 5.74) is 7.82. The molecule has 2 heterocycles. The number of rotatable bonds is 4. The van der Waals surface area contributed by atoms with Crippen molar-refractivity contribution in [2.24, 2.45) is 7.05 Å². The molecule has 0 aliphatic heterocycles. The molecule has 2 aromatic heterocycles. The van der Waals surface area contributed by atoms with E-state index in [-0.39, 0.29) is 17.4 Å². The summed E-state index contributed by atoms with van der Waals surface area (Å²) in [5.74, 6) is -0.0155. The van der Waals surface area contributed by atoms with Crippen LogP contribution in [0.15, 0.2) is 22.2 Å². The molecular formula is C8H11N5O2S2. The van der Waals surface area contributed by atoms with Gasteiger partial charge in [-0.25, -0.2) is 23.1 Å². The maximum absolute atomic E-state index is 12.0. The minimum Gasteiger partial charge on any atom is -0.381 e. The molecule has 9 heteroatoms. The van der Waals surface area contributed by atoms with Gasteiger partial charge in [-0.3, -0.25) is 0 Å². The van der Waals surface area contributed by atoms with Gasteiger partial charge in [-0.2, -0.15) is 0 Å². The van der Waals surface area contributed by atoms with E-state index >= 15 is 0 Å². The zero-order valence-corrected chi connectivity index (χ0v) is 10.6. The Hall–Kier alpha value is -1.45. The van der Waals surface area contributed by atoms with Crippen molar-refractivity contribution in [3.8, 4) is 0 Å². The number of nitrogens with zero attached hydrogens (tertiary/aromatic N) is 3. The second-order valence-corrected chi connectivity index (χ2v) is 5.75. The fourth-order valence-corrected chi connectivity index (χ4v) is 3.11. The van der Waals surface area contributed by atoms with E-state index in [1.54, 1.807) is 17.9 Å². The van der Waals surface area contributed by atoms with Crippen molar-refractivity contribution in [1.82, 2.24) is 19.3 Å². The number of hydrogen-bond donors (Lipinski definition) is 2. The van der Waals surface area contributed by atoms with Crippen molar-refractivity contribution < 1.29 is 8.42 Å². The summed E-state index contributed by atoms with van der Waals surface area (Å²) in [6, 6.07) is 0. The van der Waals surface area contributed by atoms with E-state index < -0.39 is 10.0 Å². The van der Waals surface area contributed by atoms with Crippen LogP contribution in [-0.2, 0) is 23.6 Å². The summed E-state index contributed by atoms with van der Waals surface area (Å²) >= 11 is 1.41. The molecule has 0 atom stereocenters. The number of aryl methyl sites for hydroxylation is 1. The lowest BCUT2D eigenvalue weighted by molar-refractivity contribution is 0.571. The van der Waals surface area contributed by atoms with Crippen molar-refractivity contribution in [3.05, 3.63) is 22.9 Å². The average molecular weight is 273 g/mol. The summed E-state index contributed by atoms with van der Waals surface area (Å²) in [4.78, 5) is 7.72. The number of thiazole rings is 1. The number of hydrogen-bond acceptors (Lipinski definition) is 6. The fraction of sp³-hybridized carbons (Fsp3) is 0.250. The number of nitrogens with one attached hydrogen (secondary N) is 1. The summed E-state index contributed by atoms with van der Waals surface area (Å²) < 4.78 is 27.7. The van der Waals surface area contributed by atoms with Crippen LogP contribution < -0.4 is 10.5 Å². The van der Waals surface area contributed by atoms with Gasteiger partial charge in [-0.1, -0.05) is 0 Å². The van der Waals surface area contributed by atoms with Crippen LogP contribution in [-0.4, -0.2) is 23.0 Å². The third kappa shape index (κ3) is 2.46. The first-order chi connectivity index (χ1) is 8.00. The Bertz CT molecular complexity index is 582. The van der Waals surface area contributed by atoms with Crippen LogP contribution >= 0.6 is 11.3 Å². The van der Waals surface area contributed by atoms with E-state index in [2.05, 4.69) is 14.7 Å². The van der Waals surface area contributed by atoms with Gasteiger partial charge in [-0.15, -0.1) is 11.3 Å². The molecule has 0 spiro atoms. The molecule has 0 radical (unpaired) electrons. The van der Waals surface area contributed by atoms with E-state index in [1.165, 1.54) is 22.2 Å². The zero-order valence-electron chi connectivity index (χ0n) is 8.99. The first-order valence-electron chi connectivity index (χ1n) is 4.64. The molecule has 0 unspecified atom stereocenters. The average Bonchev–Trinajstić information content (AvgIpc) is 2.86. The van der Waals surface area contributed by atoms with Crippen LogP contribution in [0.5, 0.6) is 0 Å². The fourth-order valence-electron chi connectivity index (χ4n) is 1.33. The lowest BCUT2D eigenvalue weighted by atomic mass is 10.5. The number of aromatic nitrogens is 3. The number of imidazole rings is 1. The maximum Gasteiger partial charge on any atom is 0.260 e.